The summed E-state index contributed by atoms with van der Waals surface area (Å²) < 4.78 is 11.6. The van der Waals surface area contributed by atoms with Crippen molar-refractivity contribution < 1.29 is 9.47 Å². The molecule has 0 saturated carbocycles. The average Bonchev–Trinajstić information content (AvgIpc) is 3.14. The van der Waals surface area contributed by atoms with Crippen LogP contribution in [-0.4, -0.2) is 18.3 Å². The third-order valence-corrected chi connectivity index (χ3v) is 3.41. The third kappa shape index (κ3) is 3.69. The van der Waals surface area contributed by atoms with Gasteiger partial charge in [0.25, 0.3) is 0 Å². The summed E-state index contributed by atoms with van der Waals surface area (Å²) in [5.74, 6) is 0. The Morgan fingerprint density at radius 3 is 2.72 bits per heavy atom. The Balaban J connectivity index is 1.85. The summed E-state index contributed by atoms with van der Waals surface area (Å²) in [6.45, 7) is 5.68. The molecule has 0 aromatic heterocycles. The maximum absolute atomic E-state index is 6.04. The van der Waals surface area contributed by atoms with Gasteiger partial charge in [0, 0.05) is 0 Å². The zero-order valence-corrected chi connectivity index (χ0v) is 11.3. The predicted octanol–water partition coefficient (Wildman–Crippen LogP) is 3.72. The molecule has 1 saturated heterocycles. The van der Waals surface area contributed by atoms with E-state index >= 15 is 0 Å². The SMILES string of the molecule is C/C=C\CC[C@@H](OCc1ccccc1)[C@]1(C)CO1. The fourth-order valence-corrected chi connectivity index (χ4v) is 2.05. The molecular weight excluding hydrogens is 224 g/mol. The van der Waals surface area contributed by atoms with Gasteiger partial charge in [-0.15, -0.1) is 0 Å². The summed E-state index contributed by atoms with van der Waals surface area (Å²) in [5.41, 5.74) is 1.16. The molecule has 0 aliphatic carbocycles. The van der Waals surface area contributed by atoms with Gasteiger partial charge in [0.1, 0.15) is 5.60 Å². The molecule has 2 rings (SSSR count). The van der Waals surface area contributed by atoms with Crippen molar-refractivity contribution in [2.24, 2.45) is 0 Å². The van der Waals surface area contributed by atoms with E-state index in [0.717, 1.165) is 19.4 Å². The van der Waals surface area contributed by atoms with E-state index in [-0.39, 0.29) is 11.7 Å². The van der Waals surface area contributed by atoms with Crippen molar-refractivity contribution >= 4 is 0 Å². The van der Waals surface area contributed by atoms with Crippen molar-refractivity contribution in [3.05, 3.63) is 48.0 Å². The first kappa shape index (κ1) is 13.3. The molecule has 1 aromatic rings. The zero-order valence-electron chi connectivity index (χ0n) is 11.3. The molecule has 98 valence electrons. The van der Waals surface area contributed by atoms with Crippen LogP contribution in [0.5, 0.6) is 0 Å². The van der Waals surface area contributed by atoms with Crippen LogP contribution in [-0.2, 0) is 16.1 Å². The first-order valence-electron chi connectivity index (χ1n) is 6.65. The molecule has 0 amide bonds. The largest absolute Gasteiger partial charge is 0.370 e. The van der Waals surface area contributed by atoms with Crippen LogP contribution in [0.3, 0.4) is 0 Å². The van der Waals surface area contributed by atoms with E-state index < -0.39 is 0 Å². The van der Waals surface area contributed by atoms with E-state index in [1.807, 2.05) is 18.2 Å². The standard InChI is InChI=1S/C16H22O2/c1-3-4-6-11-15(16(2)13-18-16)17-12-14-9-7-5-8-10-14/h3-5,7-10,15H,6,11-13H2,1-2H3/b4-3-/t15-,16+/m1/s1. The summed E-state index contributed by atoms with van der Waals surface area (Å²) in [5, 5.41) is 0. The molecule has 0 N–H and O–H groups in total. The van der Waals surface area contributed by atoms with Crippen LogP contribution in [0.4, 0.5) is 0 Å². The fourth-order valence-electron chi connectivity index (χ4n) is 2.05. The summed E-state index contributed by atoms with van der Waals surface area (Å²) >= 11 is 0. The molecule has 1 aliphatic heterocycles. The van der Waals surface area contributed by atoms with Crippen LogP contribution < -0.4 is 0 Å². The van der Waals surface area contributed by atoms with Gasteiger partial charge < -0.3 is 9.47 Å². The number of allylic oxidation sites excluding steroid dienone is 2. The van der Waals surface area contributed by atoms with Crippen LogP contribution in [0.1, 0.15) is 32.3 Å². The van der Waals surface area contributed by atoms with Gasteiger partial charge >= 0.3 is 0 Å². The van der Waals surface area contributed by atoms with Crippen LogP contribution in [0.15, 0.2) is 42.5 Å². The summed E-state index contributed by atoms with van der Waals surface area (Å²) in [6, 6.07) is 10.3. The normalized spacial score (nSPS) is 24.3. The second-order valence-corrected chi connectivity index (χ2v) is 5.03. The van der Waals surface area contributed by atoms with Gasteiger partial charge in [-0.2, -0.15) is 0 Å². The molecule has 1 fully saturated rings. The lowest BCUT2D eigenvalue weighted by atomic mass is 10.0. The van der Waals surface area contributed by atoms with Crippen molar-refractivity contribution in [2.45, 2.75) is 45.0 Å². The van der Waals surface area contributed by atoms with Gasteiger partial charge in [-0.25, -0.2) is 0 Å². The molecule has 1 aromatic carbocycles. The van der Waals surface area contributed by atoms with E-state index in [1.165, 1.54) is 5.56 Å². The van der Waals surface area contributed by atoms with Crippen LogP contribution in [0.2, 0.25) is 0 Å². The van der Waals surface area contributed by atoms with Gasteiger partial charge in [-0.1, -0.05) is 42.5 Å². The van der Waals surface area contributed by atoms with Crippen molar-refractivity contribution in [3.8, 4) is 0 Å². The molecule has 2 atom stereocenters. The molecule has 0 spiro atoms. The lowest BCUT2D eigenvalue weighted by molar-refractivity contribution is -0.0129. The number of benzene rings is 1. The van der Waals surface area contributed by atoms with Gasteiger partial charge in [-0.05, 0) is 32.3 Å². The smallest absolute Gasteiger partial charge is 0.115 e. The lowest BCUT2D eigenvalue weighted by Gasteiger charge is -2.21. The quantitative estimate of drug-likeness (QED) is 0.540. The summed E-state index contributed by atoms with van der Waals surface area (Å²) in [7, 11) is 0. The van der Waals surface area contributed by atoms with Crippen molar-refractivity contribution in [1.82, 2.24) is 0 Å². The van der Waals surface area contributed by atoms with E-state index in [1.54, 1.807) is 0 Å². The zero-order chi connectivity index (χ0) is 12.8. The Hall–Kier alpha value is -1.12. The van der Waals surface area contributed by atoms with Crippen LogP contribution in [0.25, 0.3) is 0 Å². The topological polar surface area (TPSA) is 21.8 Å². The average molecular weight is 246 g/mol. The number of ether oxygens (including phenoxy) is 2. The van der Waals surface area contributed by atoms with Gasteiger partial charge in [0.05, 0.1) is 19.3 Å². The van der Waals surface area contributed by atoms with Crippen molar-refractivity contribution in [3.63, 3.8) is 0 Å². The lowest BCUT2D eigenvalue weighted by Crippen LogP contribution is -2.29. The molecule has 1 aliphatic rings. The Morgan fingerprint density at radius 2 is 2.11 bits per heavy atom. The Morgan fingerprint density at radius 1 is 1.39 bits per heavy atom. The third-order valence-electron chi connectivity index (χ3n) is 3.41. The minimum Gasteiger partial charge on any atom is -0.370 e. The number of epoxide rings is 1. The first-order chi connectivity index (χ1) is 8.74. The Bertz CT molecular complexity index is 379. The molecule has 2 nitrogen and oxygen atoms in total. The molecule has 0 unspecified atom stereocenters. The van der Waals surface area contributed by atoms with Crippen LogP contribution >= 0.6 is 0 Å². The number of hydrogen-bond acceptors (Lipinski definition) is 2. The van der Waals surface area contributed by atoms with Gasteiger partial charge in [-0.3, -0.25) is 0 Å². The maximum Gasteiger partial charge on any atom is 0.115 e. The maximum atomic E-state index is 6.04. The molecule has 1 heterocycles. The second-order valence-electron chi connectivity index (χ2n) is 5.03. The molecule has 18 heavy (non-hydrogen) atoms. The number of hydrogen-bond donors (Lipinski definition) is 0. The number of rotatable bonds is 7. The Kier molecular flexibility index (Phi) is 4.56. The Labute approximate surface area is 110 Å². The van der Waals surface area contributed by atoms with E-state index in [2.05, 4.69) is 38.1 Å². The predicted molar refractivity (Wildman–Crippen MR) is 73.4 cm³/mol. The first-order valence-corrected chi connectivity index (χ1v) is 6.65. The highest BCUT2D eigenvalue weighted by atomic mass is 16.6. The highest BCUT2D eigenvalue weighted by molar-refractivity contribution is 5.13. The van der Waals surface area contributed by atoms with Crippen molar-refractivity contribution in [1.29, 1.82) is 0 Å². The monoisotopic (exact) mass is 246 g/mol. The molecule has 0 bridgehead atoms. The second kappa shape index (κ2) is 6.17. The highest BCUT2D eigenvalue weighted by Crippen LogP contribution is 2.35. The van der Waals surface area contributed by atoms with Crippen molar-refractivity contribution in [2.75, 3.05) is 6.61 Å². The fraction of sp³-hybridized carbons (Fsp3) is 0.500. The van der Waals surface area contributed by atoms with Crippen LogP contribution in [0, 0.1) is 0 Å². The highest BCUT2D eigenvalue weighted by Gasteiger charge is 2.47. The summed E-state index contributed by atoms with van der Waals surface area (Å²) in [4.78, 5) is 0. The minimum absolute atomic E-state index is 0.0592. The molecular formula is C16H22O2. The molecule has 0 radical (unpaired) electrons. The molecule has 2 heteroatoms. The van der Waals surface area contributed by atoms with E-state index in [0.29, 0.717) is 6.61 Å². The van der Waals surface area contributed by atoms with E-state index in [4.69, 9.17) is 9.47 Å². The summed E-state index contributed by atoms with van der Waals surface area (Å²) in [6.07, 6.45) is 6.53. The van der Waals surface area contributed by atoms with E-state index in [9.17, 15) is 0 Å². The van der Waals surface area contributed by atoms with Gasteiger partial charge in [0.2, 0.25) is 0 Å². The minimum atomic E-state index is -0.0592. The van der Waals surface area contributed by atoms with Gasteiger partial charge in [0.15, 0.2) is 0 Å².